The third kappa shape index (κ3) is 5.51. The van der Waals surface area contributed by atoms with Gasteiger partial charge in [-0.05, 0) is 31.2 Å². The molecule has 0 unspecified atom stereocenters. The number of nitrogens with zero attached hydrogens (tertiary/aromatic N) is 3. The maximum atomic E-state index is 12.8. The fourth-order valence-electron chi connectivity index (χ4n) is 2.51. The lowest BCUT2D eigenvalue weighted by atomic mass is 10.2. The number of urea groups is 1. The second-order valence-corrected chi connectivity index (χ2v) is 7.75. The summed E-state index contributed by atoms with van der Waals surface area (Å²) in [5.41, 5.74) is 0.337. The van der Waals surface area contributed by atoms with Gasteiger partial charge in [0.2, 0.25) is 11.8 Å². The lowest BCUT2D eigenvalue weighted by Gasteiger charge is -2.12. The molecule has 2 heterocycles. The molecule has 0 bridgehead atoms. The largest absolute Gasteiger partial charge is 0.481 e. The van der Waals surface area contributed by atoms with Gasteiger partial charge in [-0.25, -0.2) is 27.9 Å². The summed E-state index contributed by atoms with van der Waals surface area (Å²) in [5, 5.41) is 4.74. The van der Waals surface area contributed by atoms with E-state index in [1.807, 2.05) is 4.72 Å². The third-order valence-corrected chi connectivity index (χ3v) is 5.21. The van der Waals surface area contributed by atoms with E-state index in [9.17, 15) is 18.0 Å². The minimum atomic E-state index is -4.40. The number of aryl methyl sites for hydroxylation is 1. The first-order valence-electron chi connectivity index (χ1n) is 8.83. The maximum Gasteiger partial charge on any atom is 0.335 e. The number of nitrogens with one attached hydrogen (secondary N) is 3. The lowest BCUT2D eigenvalue weighted by molar-refractivity contribution is 0.102. The SMILES string of the molecule is COc1cc(C)nc(NC(=O)NS(=O)(=O)c2ccccc2C(=O)Nc2ccccn2)n1. The molecule has 31 heavy (non-hydrogen) atoms. The number of aromatic nitrogens is 3. The number of anilines is 2. The highest BCUT2D eigenvalue weighted by atomic mass is 32.2. The van der Waals surface area contributed by atoms with E-state index in [2.05, 4.69) is 25.6 Å². The summed E-state index contributed by atoms with van der Waals surface area (Å²) in [6, 6.07) is 10.8. The number of rotatable bonds is 6. The quantitative estimate of drug-likeness (QED) is 0.524. The van der Waals surface area contributed by atoms with Crippen LogP contribution in [0.2, 0.25) is 0 Å². The van der Waals surface area contributed by atoms with Crippen molar-refractivity contribution in [1.29, 1.82) is 0 Å². The van der Waals surface area contributed by atoms with E-state index < -0.39 is 22.0 Å². The van der Waals surface area contributed by atoms with Crippen LogP contribution >= 0.6 is 0 Å². The zero-order valence-corrected chi connectivity index (χ0v) is 17.3. The van der Waals surface area contributed by atoms with Gasteiger partial charge >= 0.3 is 6.03 Å². The van der Waals surface area contributed by atoms with Crippen LogP contribution in [0.1, 0.15) is 16.1 Å². The van der Waals surface area contributed by atoms with Crippen LogP contribution in [0, 0.1) is 6.92 Å². The number of ether oxygens (including phenoxy) is 1. The molecule has 3 rings (SSSR count). The van der Waals surface area contributed by atoms with Gasteiger partial charge in [0.25, 0.3) is 15.9 Å². The van der Waals surface area contributed by atoms with Gasteiger partial charge in [0.1, 0.15) is 10.7 Å². The smallest absolute Gasteiger partial charge is 0.335 e. The highest BCUT2D eigenvalue weighted by Crippen LogP contribution is 2.17. The number of pyridine rings is 1. The van der Waals surface area contributed by atoms with Crippen LogP contribution in [0.25, 0.3) is 0 Å². The predicted molar refractivity (Wildman–Crippen MR) is 111 cm³/mol. The molecule has 0 saturated carbocycles. The molecule has 0 spiro atoms. The lowest BCUT2D eigenvalue weighted by Crippen LogP contribution is -2.36. The summed E-state index contributed by atoms with van der Waals surface area (Å²) in [7, 11) is -3.01. The Morgan fingerprint density at radius 3 is 2.45 bits per heavy atom. The van der Waals surface area contributed by atoms with Crippen molar-refractivity contribution in [3.05, 3.63) is 66.0 Å². The number of hydrogen-bond donors (Lipinski definition) is 3. The number of sulfonamides is 1. The molecule has 3 aromatic rings. The molecule has 12 heteroatoms. The van der Waals surface area contributed by atoms with Gasteiger partial charge in [-0.15, -0.1) is 0 Å². The van der Waals surface area contributed by atoms with Gasteiger partial charge in [-0.3, -0.25) is 10.1 Å². The number of carbonyl (C=O) groups is 2. The van der Waals surface area contributed by atoms with E-state index in [4.69, 9.17) is 4.74 Å². The average Bonchev–Trinajstić information content (AvgIpc) is 2.73. The van der Waals surface area contributed by atoms with E-state index in [0.29, 0.717) is 5.69 Å². The molecular weight excluding hydrogens is 424 g/mol. The summed E-state index contributed by atoms with van der Waals surface area (Å²) in [6.07, 6.45) is 1.48. The summed E-state index contributed by atoms with van der Waals surface area (Å²) in [5.74, 6) is -0.407. The van der Waals surface area contributed by atoms with Crippen LogP contribution in [0.5, 0.6) is 5.88 Å². The Morgan fingerprint density at radius 1 is 1.00 bits per heavy atom. The highest BCUT2D eigenvalue weighted by molar-refractivity contribution is 7.90. The van der Waals surface area contributed by atoms with Crippen LogP contribution in [-0.4, -0.2) is 42.4 Å². The molecule has 0 fully saturated rings. The molecule has 0 saturated heterocycles. The van der Waals surface area contributed by atoms with E-state index >= 15 is 0 Å². The van der Waals surface area contributed by atoms with Crippen LogP contribution < -0.4 is 20.1 Å². The first-order valence-corrected chi connectivity index (χ1v) is 10.3. The van der Waals surface area contributed by atoms with Gasteiger partial charge in [-0.2, -0.15) is 4.98 Å². The van der Waals surface area contributed by atoms with E-state index in [1.165, 1.54) is 43.6 Å². The van der Waals surface area contributed by atoms with Crippen molar-refractivity contribution in [2.75, 3.05) is 17.7 Å². The van der Waals surface area contributed by atoms with E-state index in [0.717, 1.165) is 0 Å². The van der Waals surface area contributed by atoms with Gasteiger partial charge in [-0.1, -0.05) is 18.2 Å². The highest BCUT2D eigenvalue weighted by Gasteiger charge is 2.25. The Morgan fingerprint density at radius 2 is 1.74 bits per heavy atom. The number of carbonyl (C=O) groups excluding carboxylic acids is 2. The molecule has 2 aromatic heterocycles. The first-order chi connectivity index (χ1) is 14.8. The fraction of sp³-hybridized carbons (Fsp3) is 0.105. The van der Waals surface area contributed by atoms with Crippen molar-refractivity contribution in [3.63, 3.8) is 0 Å². The Balaban J connectivity index is 1.80. The van der Waals surface area contributed by atoms with Crippen molar-refractivity contribution in [1.82, 2.24) is 19.7 Å². The molecule has 0 aliphatic carbocycles. The van der Waals surface area contributed by atoms with E-state index in [-0.39, 0.29) is 28.1 Å². The number of amides is 3. The predicted octanol–water partition coefficient (Wildman–Crippen LogP) is 1.95. The number of hydrogen-bond acceptors (Lipinski definition) is 8. The topological polar surface area (TPSA) is 152 Å². The van der Waals surface area contributed by atoms with Gasteiger partial charge < -0.3 is 10.1 Å². The normalized spacial score (nSPS) is 10.8. The summed E-state index contributed by atoms with van der Waals surface area (Å²) >= 11 is 0. The maximum absolute atomic E-state index is 12.8. The molecule has 0 aliphatic rings. The second kappa shape index (κ2) is 9.17. The molecule has 160 valence electrons. The first kappa shape index (κ1) is 21.6. The van der Waals surface area contributed by atoms with Crippen molar-refractivity contribution in [3.8, 4) is 5.88 Å². The van der Waals surface area contributed by atoms with Gasteiger partial charge in [0.15, 0.2) is 0 Å². The Hall–Kier alpha value is -4.06. The van der Waals surface area contributed by atoms with Gasteiger partial charge in [0.05, 0.1) is 12.7 Å². The molecule has 3 N–H and O–H groups in total. The number of methoxy groups -OCH3 is 1. The minimum absolute atomic E-state index is 0.147. The monoisotopic (exact) mass is 442 g/mol. The molecule has 3 amide bonds. The van der Waals surface area contributed by atoms with Crippen LogP contribution in [0.15, 0.2) is 59.6 Å². The van der Waals surface area contributed by atoms with Gasteiger partial charge in [0, 0.05) is 18.0 Å². The summed E-state index contributed by atoms with van der Waals surface area (Å²) in [4.78, 5) is 36.3. The molecule has 0 radical (unpaired) electrons. The van der Waals surface area contributed by atoms with Crippen LogP contribution in [0.4, 0.5) is 16.6 Å². The summed E-state index contributed by atoms with van der Waals surface area (Å²) in [6.45, 7) is 1.65. The second-order valence-electron chi connectivity index (χ2n) is 6.10. The third-order valence-electron chi connectivity index (χ3n) is 3.82. The van der Waals surface area contributed by atoms with Crippen LogP contribution in [0.3, 0.4) is 0 Å². The van der Waals surface area contributed by atoms with Crippen LogP contribution in [-0.2, 0) is 10.0 Å². The van der Waals surface area contributed by atoms with Crippen molar-refractivity contribution < 1.29 is 22.7 Å². The molecule has 0 aliphatic heterocycles. The number of benzene rings is 1. The minimum Gasteiger partial charge on any atom is -0.481 e. The Kier molecular flexibility index (Phi) is 6.40. The molecular formula is C19H18N6O5S. The molecule has 1 aromatic carbocycles. The standard InChI is InChI=1S/C19H18N6O5S/c1-12-11-16(30-2)23-18(21-12)24-19(27)25-31(28,29)14-8-4-3-7-13(14)17(26)22-15-9-5-6-10-20-15/h3-11H,1-2H3,(H,20,22,26)(H2,21,23,24,25,27). The molecule has 11 nitrogen and oxygen atoms in total. The fourth-order valence-corrected chi connectivity index (χ4v) is 3.63. The summed E-state index contributed by atoms with van der Waals surface area (Å²) < 4.78 is 32.4. The van der Waals surface area contributed by atoms with Crippen molar-refractivity contribution in [2.45, 2.75) is 11.8 Å². The average molecular weight is 442 g/mol. The zero-order chi connectivity index (χ0) is 22.4. The van der Waals surface area contributed by atoms with E-state index in [1.54, 1.807) is 25.1 Å². The Bertz CT molecular complexity index is 1220. The van der Waals surface area contributed by atoms with Crippen molar-refractivity contribution in [2.24, 2.45) is 0 Å². The molecule has 0 atom stereocenters. The zero-order valence-electron chi connectivity index (χ0n) is 16.5. The Labute approximate surface area is 178 Å². The van der Waals surface area contributed by atoms with Crippen molar-refractivity contribution >= 4 is 33.7 Å².